The number of nitrogens with zero attached hydrogens (tertiary/aromatic N) is 7. The lowest BCUT2D eigenvalue weighted by Gasteiger charge is -2.40. The molecule has 1 amide bonds. The molecule has 2 aromatic carbocycles. The molecule has 2 atom stereocenters. The molecule has 2 fully saturated rings. The number of ether oxygens (including phenoxy) is 1. The number of fused-ring (bicyclic) bond motifs is 2. The van der Waals surface area contributed by atoms with Crippen molar-refractivity contribution >= 4 is 28.2 Å². The maximum absolute atomic E-state index is 14.2. The summed E-state index contributed by atoms with van der Waals surface area (Å²) in [5.41, 5.74) is 1.50. The molecule has 1 aromatic heterocycles. The van der Waals surface area contributed by atoms with Crippen molar-refractivity contribution in [2.45, 2.75) is 50.5 Å². The van der Waals surface area contributed by atoms with E-state index in [9.17, 15) is 18.0 Å². The SMILES string of the molecule is [C-]#[N+]C[C@H]1CN(c2nc(OC[C@@H]3CCCN3C)nc3c2CCCN(c2cccc4cccc(C(F)(F)F)c24)C3)CCN1C(=O)C=C. The number of hydrogen-bond acceptors (Lipinski definition) is 7. The van der Waals surface area contributed by atoms with Gasteiger partial charge in [0.2, 0.25) is 12.5 Å². The minimum absolute atomic E-state index is 0.150. The lowest BCUT2D eigenvalue weighted by molar-refractivity contribution is -0.136. The first-order valence-electron chi connectivity index (χ1n) is 15.8. The number of anilines is 2. The highest BCUT2D eigenvalue weighted by Crippen LogP contribution is 2.41. The minimum atomic E-state index is -4.50. The quantitative estimate of drug-likeness (QED) is 0.262. The first kappa shape index (κ1) is 31.6. The van der Waals surface area contributed by atoms with Gasteiger partial charge in [-0.05, 0) is 62.9 Å². The Balaban J connectivity index is 1.39. The van der Waals surface area contributed by atoms with Crippen molar-refractivity contribution in [2.75, 3.05) is 62.7 Å². The number of hydrogen-bond donors (Lipinski definition) is 0. The summed E-state index contributed by atoms with van der Waals surface area (Å²) in [5.74, 6) is 0.500. The summed E-state index contributed by atoms with van der Waals surface area (Å²) in [6, 6.07) is 9.70. The van der Waals surface area contributed by atoms with Crippen LogP contribution in [-0.2, 0) is 23.9 Å². The Morgan fingerprint density at radius 3 is 2.61 bits per heavy atom. The smallest absolute Gasteiger partial charge is 0.417 e. The Bertz CT molecular complexity index is 1650. The zero-order valence-electron chi connectivity index (χ0n) is 26.0. The lowest BCUT2D eigenvalue weighted by Crippen LogP contribution is -2.56. The van der Waals surface area contributed by atoms with Crippen LogP contribution < -0.4 is 14.5 Å². The van der Waals surface area contributed by atoms with Crippen molar-refractivity contribution in [1.82, 2.24) is 19.8 Å². The zero-order chi connectivity index (χ0) is 32.4. The average molecular weight is 634 g/mol. The van der Waals surface area contributed by atoms with E-state index >= 15 is 0 Å². The van der Waals surface area contributed by atoms with Crippen LogP contribution in [-0.4, -0.2) is 90.7 Å². The number of halogens is 3. The first-order chi connectivity index (χ1) is 22.2. The third-order valence-corrected chi connectivity index (χ3v) is 9.39. The molecule has 3 aromatic rings. The fourth-order valence-electron chi connectivity index (χ4n) is 7.02. The highest BCUT2D eigenvalue weighted by atomic mass is 19.4. The molecule has 0 unspecified atom stereocenters. The number of amides is 1. The van der Waals surface area contributed by atoms with Gasteiger partial charge in [0.25, 0.3) is 0 Å². The van der Waals surface area contributed by atoms with Crippen molar-refractivity contribution in [1.29, 1.82) is 0 Å². The molecule has 0 spiro atoms. The fraction of sp³-hybridized carbons (Fsp3) is 0.471. The molecular formula is C34H38F3N7O2. The van der Waals surface area contributed by atoms with Crippen molar-refractivity contribution in [3.63, 3.8) is 0 Å². The molecule has 4 heterocycles. The highest BCUT2D eigenvalue weighted by molar-refractivity contribution is 5.97. The summed E-state index contributed by atoms with van der Waals surface area (Å²) in [6.45, 7) is 14.9. The van der Waals surface area contributed by atoms with Crippen molar-refractivity contribution in [3.8, 4) is 6.01 Å². The predicted octanol–water partition coefficient (Wildman–Crippen LogP) is 5.20. The summed E-state index contributed by atoms with van der Waals surface area (Å²) < 4.78 is 48.9. The molecule has 12 heteroatoms. The highest BCUT2D eigenvalue weighted by Gasteiger charge is 2.36. The molecule has 3 aliphatic heterocycles. The van der Waals surface area contributed by atoms with Crippen LogP contribution in [0.3, 0.4) is 0 Å². The van der Waals surface area contributed by atoms with Gasteiger partial charge in [-0.15, -0.1) is 0 Å². The van der Waals surface area contributed by atoms with Crippen LogP contribution in [0.4, 0.5) is 24.7 Å². The van der Waals surface area contributed by atoms with Crippen LogP contribution in [0, 0.1) is 6.57 Å². The van der Waals surface area contributed by atoms with E-state index in [2.05, 4.69) is 28.3 Å². The number of alkyl halides is 3. The van der Waals surface area contributed by atoms with Crippen LogP contribution in [0.15, 0.2) is 49.1 Å². The van der Waals surface area contributed by atoms with Gasteiger partial charge in [-0.2, -0.15) is 23.1 Å². The van der Waals surface area contributed by atoms with Crippen LogP contribution in [0.1, 0.15) is 36.1 Å². The topological polar surface area (TPSA) is 69.4 Å². The van der Waals surface area contributed by atoms with E-state index in [1.165, 1.54) is 12.1 Å². The average Bonchev–Trinajstić information content (AvgIpc) is 3.34. The Kier molecular flexibility index (Phi) is 9.04. The van der Waals surface area contributed by atoms with Gasteiger partial charge in [0.05, 0.1) is 17.8 Å². The molecule has 0 N–H and O–H groups in total. The third kappa shape index (κ3) is 6.33. The van der Waals surface area contributed by atoms with Gasteiger partial charge in [0.15, 0.2) is 0 Å². The van der Waals surface area contributed by atoms with E-state index < -0.39 is 11.7 Å². The van der Waals surface area contributed by atoms with Crippen LogP contribution in [0.25, 0.3) is 15.6 Å². The van der Waals surface area contributed by atoms with Gasteiger partial charge < -0.3 is 29.2 Å². The van der Waals surface area contributed by atoms with Crippen molar-refractivity contribution in [3.05, 3.63) is 77.3 Å². The molecule has 0 saturated carbocycles. The van der Waals surface area contributed by atoms with Gasteiger partial charge in [0.1, 0.15) is 18.5 Å². The standard InChI is InChI=1S/C34H38F3N7O2/c1-4-30(45)44-18-17-43(20-25(44)19-38-2)32-26-12-8-16-42(21-28(26)39-33(40-32)46-22-24-11-7-15-41(24)3)29-14-6-10-23-9-5-13-27(31(23)29)34(35,36)37/h4-6,9-10,13-14,24-25H,1,7-8,11-12,15-22H2,3H3/t24-,25-/m0/s1. The zero-order valence-corrected chi connectivity index (χ0v) is 26.0. The normalized spacial score (nSPS) is 20.7. The number of carbonyl (C=O) groups is 1. The van der Waals surface area contributed by atoms with E-state index in [0.29, 0.717) is 68.2 Å². The molecule has 6 rings (SSSR count). The van der Waals surface area contributed by atoms with E-state index in [1.54, 1.807) is 29.2 Å². The fourth-order valence-corrected chi connectivity index (χ4v) is 7.02. The second kappa shape index (κ2) is 13.2. The summed E-state index contributed by atoms with van der Waals surface area (Å²) in [7, 11) is 2.07. The number of likely N-dealkylation sites (N-methyl/N-ethyl adjacent to an activating group) is 1. The largest absolute Gasteiger partial charge is 0.462 e. The first-order valence-corrected chi connectivity index (χ1v) is 15.8. The summed E-state index contributed by atoms with van der Waals surface area (Å²) in [4.78, 5) is 34.0. The van der Waals surface area contributed by atoms with Crippen LogP contribution >= 0.6 is 0 Å². The Hall–Kier alpha value is -4.37. The molecular weight excluding hydrogens is 595 g/mol. The minimum Gasteiger partial charge on any atom is -0.462 e. The van der Waals surface area contributed by atoms with Crippen LogP contribution in [0.2, 0.25) is 0 Å². The van der Waals surface area contributed by atoms with Gasteiger partial charge in [0, 0.05) is 48.9 Å². The molecule has 0 radical (unpaired) electrons. The van der Waals surface area contributed by atoms with Crippen LogP contribution in [0.5, 0.6) is 6.01 Å². The number of aromatic nitrogens is 2. The van der Waals surface area contributed by atoms with Crippen molar-refractivity contribution in [2.24, 2.45) is 0 Å². The van der Waals surface area contributed by atoms with E-state index in [4.69, 9.17) is 21.3 Å². The molecule has 0 aliphatic carbocycles. The second-order valence-corrected chi connectivity index (χ2v) is 12.2. The van der Waals surface area contributed by atoms with E-state index in [1.807, 2.05) is 4.90 Å². The maximum atomic E-state index is 14.2. The maximum Gasteiger partial charge on any atom is 0.417 e. The van der Waals surface area contributed by atoms with Gasteiger partial charge in [-0.3, -0.25) is 4.79 Å². The Morgan fingerprint density at radius 1 is 1.09 bits per heavy atom. The van der Waals surface area contributed by atoms with E-state index in [-0.39, 0.29) is 42.5 Å². The summed E-state index contributed by atoms with van der Waals surface area (Å²) in [5, 5.41) is 0.712. The molecule has 3 aliphatic rings. The predicted molar refractivity (Wildman–Crippen MR) is 171 cm³/mol. The number of benzene rings is 2. The summed E-state index contributed by atoms with van der Waals surface area (Å²) in [6.07, 6.45) is 0.199. The molecule has 46 heavy (non-hydrogen) atoms. The molecule has 242 valence electrons. The van der Waals surface area contributed by atoms with Gasteiger partial charge >= 0.3 is 12.2 Å². The summed E-state index contributed by atoms with van der Waals surface area (Å²) >= 11 is 0. The second-order valence-electron chi connectivity index (χ2n) is 12.2. The number of rotatable bonds is 7. The third-order valence-electron chi connectivity index (χ3n) is 9.39. The number of piperazine rings is 1. The number of carbonyl (C=O) groups excluding carboxylic acids is 1. The number of likely N-dealkylation sites (tertiary alicyclic amines) is 1. The van der Waals surface area contributed by atoms with Gasteiger partial charge in [-0.25, -0.2) is 6.57 Å². The van der Waals surface area contributed by atoms with E-state index in [0.717, 1.165) is 31.0 Å². The lowest BCUT2D eigenvalue weighted by atomic mass is 10.0. The molecule has 9 nitrogen and oxygen atoms in total. The molecule has 0 bridgehead atoms. The van der Waals surface area contributed by atoms with Crippen molar-refractivity contribution < 1.29 is 22.7 Å². The molecule has 2 saturated heterocycles. The monoisotopic (exact) mass is 633 g/mol. The Labute approximate surface area is 267 Å². The van der Waals surface area contributed by atoms with Gasteiger partial charge in [-0.1, -0.05) is 30.8 Å². The Morgan fingerprint density at radius 2 is 1.89 bits per heavy atom.